The van der Waals surface area contributed by atoms with Crippen molar-refractivity contribution in [2.24, 2.45) is 0 Å². The third kappa shape index (κ3) is 6.13. The predicted octanol–water partition coefficient (Wildman–Crippen LogP) is 3.65. The number of hydrogen-bond donors (Lipinski definition) is 0. The zero-order chi connectivity index (χ0) is 22.1. The molecule has 0 saturated carbocycles. The molecule has 0 fully saturated rings. The van der Waals surface area contributed by atoms with Gasteiger partial charge < -0.3 is 14.4 Å². The minimum atomic E-state index is -0.448. The van der Waals surface area contributed by atoms with Gasteiger partial charge in [0.1, 0.15) is 12.2 Å². The number of methoxy groups -OCH3 is 1. The summed E-state index contributed by atoms with van der Waals surface area (Å²) in [6, 6.07) is 13.7. The molecule has 0 unspecified atom stereocenters. The van der Waals surface area contributed by atoms with Crippen LogP contribution in [0.5, 0.6) is 0 Å². The van der Waals surface area contributed by atoms with Crippen LogP contribution in [0.4, 0.5) is 0 Å². The summed E-state index contributed by atoms with van der Waals surface area (Å²) in [5, 5.41) is 6.71. The van der Waals surface area contributed by atoms with Gasteiger partial charge in [-0.1, -0.05) is 24.3 Å². The smallest absolute Gasteiger partial charge is 0.325 e. The van der Waals surface area contributed by atoms with Gasteiger partial charge in [-0.05, 0) is 36.6 Å². The van der Waals surface area contributed by atoms with E-state index >= 15 is 0 Å². The van der Waals surface area contributed by atoms with Gasteiger partial charge >= 0.3 is 5.97 Å². The van der Waals surface area contributed by atoms with Crippen molar-refractivity contribution in [1.29, 1.82) is 0 Å². The number of rotatable bonds is 10. The van der Waals surface area contributed by atoms with Crippen LogP contribution < -0.4 is 0 Å². The second-order valence-electron chi connectivity index (χ2n) is 6.58. The highest BCUT2D eigenvalue weighted by atomic mass is 32.1. The summed E-state index contributed by atoms with van der Waals surface area (Å²) in [5.74, 6) is -0.744. The highest BCUT2D eigenvalue weighted by molar-refractivity contribution is 7.13. The molecule has 0 spiro atoms. The van der Waals surface area contributed by atoms with Crippen LogP contribution in [-0.2, 0) is 19.1 Å². The highest BCUT2D eigenvalue weighted by Gasteiger charge is 2.17. The van der Waals surface area contributed by atoms with Gasteiger partial charge in [-0.15, -0.1) is 11.3 Å². The third-order valence-corrected chi connectivity index (χ3v) is 5.30. The predicted molar refractivity (Wildman–Crippen MR) is 121 cm³/mol. The molecule has 0 aliphatic heterocycles. The number of esters is 1. The molecule has 1 aromatic carbocycles. The fraction of sp³-hybridized carbons (Fsp3) is 0.261. The van der Waals surface area contributed by atoms with E-state index in [1.54, 1.807) is 36.1 Å². The topological polar surface area (TPSA) is 73.7 Å². The van der Waals surface area contributed by atoms with Gasteiger partial charge in [-0.2, -0.15) is 5.10 Å². The zero-order valence-corrected chi connectivity index (χ0v) is 18.4. The lowest BCUT2D eigenvalue weighted by Gasteiger charge is -2.19. The average Bonchev–Trinajstić information content (AvgIpc) is 3.45. The van der Waals surface area contributed by atoms with Crippen molar-refractivity contribution in [1.82, 2.24) is 14.7 Å². The molecule has 0 saturated heterocycles. The summed E-state index contributed by atoms with van der Waals surface area (Å²) in [4.78, 5) is 27.1. The summed E-state index contributed by atoms with van der Waals surface area (Å²) < 4.78 is 11.8. The molecule has 8 heteroatoms. The van der Waals surface area contributed by atoms with Crippen LogP contribution in [0, 0.1) is 0 Å². The molecule has 162 valence electrons. The van der Waals surface area contributed by atoms with Crippen molar-refractivity contribution in [2.75, 3.05) is 33.4 Å². The van der Waals surface area contributed by atoms with E-state index in [0.717, 1.165) is 21.8 Å². The van der Waals surface area contributed by atoms with Crippen LogP contribution in [0.3, 0.4) is 0 Å². The molecule has 0 bridgehead atoms. The Labute approximate surface area is 185 Å². The van der Waals surface area contributed by atoms with E-state index in [9.17, 15) is 9.59 Å². The molecule has 3 aromatic rings. The number of ether oxygens (including phenoxy) is 2. The Morgan fingerprint density at radius 2 is 2.00 bits per heavy atom. The number of thiophene rings is 1. The molecule has 7 nitrogen and oxygen atoms in total. The number of nitrogens with zero attached hydrogens (tertiary/aromatic N) is 3. The maximum Gasteiger partial charge on any atom is 0.325 e. The molecule has 2 aromatic heterocycles. The molecule has 0 aliphatic carbocycles. The Hall–Kier alpha value is -3.23. The van der Waals surface area contributed by atoms with Gasteiger partial charge in [-0.3, -0.25) is 9.59 Å². The first-order valence-corrected chi connectivity index (χ1v) is 10.8. The van der Waals surface area contributed by atoms with Crippen molar-refractivity contribution in [3.05, 3.63) is 65.7 Å². The minimum Gasteiger partial charge on any atom is -0.465 e. The van der Waals surface area contributed by atoms with Crippen molar-refractivity contribution >= 4 is 29.3 Å². The second kappa shape index (κ2) is 11.2. The van der Waals surface area contributed by atoms with Crippen molar-refractivity contribution in [2.45, 2.75) is 6.92 Å². The monoisotopic (exact) mass is 439 g/mol. The molecule has 0 atom stereocenters. The number of carbonyl (C=O) groups excluding carboxylic acids is 2. The Morgan fingerprint density at radius 3 is 2.68 bits per heavy atom. The number of para-hydroxylation sites is 1. The molecule has 0 aliphatic rings. The summed E-state index contributed by atoms with van der Waals surface area (Å²) in [7, 11) is 1.55. The molecule has 0 N–H and O–H groups in total. The molecule has 0 radical (unpaired) electrons. The Kier molecular flexibility index (Phi) is 8.14. The first-order chi connectivity index (χ1) is 15.1. The van der Waals surface area contributed by atoms with E-state index in [2.05, 4.69) is 0 Å². The van der Waals surface area contributed by atoms with E-state index in [0.29, 0.717) is 13.2 Å². The van der Waals surface area contributed by atoms with Gasteiger partial charge in [0, 0.05) is 31.5 Å². The lowest BCUT2D eigenvalue weighted by molar-refractivity contribution is -0.148. The fourth-order valence-electron chi connectivity index (χ4n) is 2.92. The first kappa shape index (κ1) is 22.5. The Bertz CT molecular complexity index is 1010. The van der Waals surface area contributed by atoms with Gasteiger partial charge in [0.05, 0.1) is 23.8 Å². The molecular weight excluding hydrogens is 414 g/mol. The number of benzene rings is 1. The molecular formula is C23H25N3O4S. The van der Waals surface area contributed by atoms with E-state index < -0.39 is 5.97 Å². The van der Waals surface area contributed by atoms with Crippen LogP contribution in [0.15, 0.2) is 60.1 Å². The number of hydrogen-bond acceptors (Lipinski definition) is 6. The van der Waals surface area contributed by atoms with Gasteiger partial charge in [0.2, 0.25) is 5.91 Å². The maximum atomic E-state index is 12.8. The van der Waals surface area contributed by atoms with Crippen LogP contribution in [0.2, 0.25) is 0 Å². The summed E-state index contributed by atoms with van der Waals surface area (Å²) >= 11 is 1.58. The van der Waals surface area contributed by atoms with Crippen molar-refractivity contribution in [3.8, 4) is 16.3 Å². The van der Waals surface area contributed by atoms with E-state index in [1.807, 2.05) is 54.0 Å². The quantitative estimate of drug-likeness (QED) is 0.356. The van der Waals surface area contributed by atoms with Crippen molar-refractivity contribution < 1.29 is 19.1 Å². The Balaban J connectivity index is 1.86. The number of aromatic nitrogens is 2. The zero-order valence-electron chi connectivity index (χ0n) is 17.6. The lowest BCUT2D eigenvalue weighted by Crippen LogP contribution is -2.37. The SMILES string of the molecule is CCOC(=O)CN(CCOC)C(=O)/C=C/c1cn(-c2ccccc2)nc1-c1cccs1. The molecule has 2 heterocycles. The first-order valence-electron chi connectivity index (χ1n) is 9.93. The van der Waals surface area contributed by atoms with Gasteiger partial charge in [0.25, 0.3) is 0 Å². The summed E-state index contributed by atoms with van der Waals surface area (Å²) in [5.41, 5.74) is 2.52. The molecule has 31 heavy (non-hydrogen) atoms. The second-order valence-corrected chi connectivity index (χ2v) is 7.53. The van der Waals surface area contributed by atoms with E-state index in [-0.39, 0.29) is 19.1 Å². The van der Waals surface area contributed by atoms with Crippen LogP contribution in [-0.4, -0.2) is 60.0 Å². The van der Waals surface area contributed by atoms with Crippen LogP contribution in [0.1, 0.15) is 12.5 Å². The van der Waals surface area contributed by atoms with E-state index in [1.165, 1.54) is 11.0 Å². The number of carbonyl (C=O) groups is 2. The number of amides is 1. The normalized spacial score (nSPS) is 11.0. The average molecular weight is 440 g/mol. The van der Waals surface area contributed by atoms with Crippen LogP contribution >= 0.6 is 11.3 Å². The standard InChI is InChI=1S/C23H25N3O4S/c1-3-30-22(28)17-25(13-14-29-2)21(27)12-11-18-16-26(19-8-5-4-6-9-19)24-23(18)20-10-7-15-31-20/h4-12,15-16H,3,13-14,17H2,1-2H3/b12-11+. The molecule has 1 amide bonds. The lowest BCUT2D eigenvalue weighted by atomic mass is 10.2. The van der Waals surface area contributed by atoms with Gasteiger partial charge in [0.15, 0.2) is 0 Å². The highest BCUT2D eigenvalue weighted by Crippen LogP contribution is 2.28. The summed E-state index contributed by atoms with van der Waals surface area (Å²) in [6.07, 6.45) is 5.08. The maximum absolute atomic E-state index is 12.8. The van der Waals surface area contributed by atoms with Gasteiger partial charge in [-0.25, -0.2) is 4.68 Å². The summed E-state index contributed by atoms with van der Waals surface area (Å²) in [6.45, 7) is 2.49. The van der Waals surface area contributed by atoms with Crippen LogP contribution in [0.25, 0.3) is 22.3 Å². The minimum absolute atomic E-state index is 0.124. The molecule has 3 rings (SSSR count). The van der Waals surface area contributed by atoms with Crippen molar-refractivity contribution in [3.63, 3.8) is 0 Å². The Morgan fingerprint density at radius 1 is 1.19 bits per heavy atom. The fourth-order valence-corrected chi connectivity index (χ4v) is 3.66. The third-order valence-electron chi connectivity index (χ3n) is 4.43. The van der Waals surface area contributed by atoms with E-state index in [4.69, 9.17) is 14.6 Å². The largest absolute Gasteiger partial charge is 0.465 e.